The van der Waals surface area contributed by atoms with Gasteiger partial charge in [-0.15, -0.1) is 0 Å². The van der Waals surface area contributed by atoms with E-state index in [1.54, 1.807) is 13.8 Å². The van der Waals surface area contributed by atoms with Gasteiger partial charge < -0.3 is 10.0 Å². The number of carbonyl (C=O) groups excluding carboxylic acids is 1. The highest BCUT2D eigenvalue weighted by molar-refractivity contribution is 5.84. The largest absolute Gasteiger partial charge is 0.481 e. The molecule has 104 valence electrons. The lowest BCUT2D eigenvalue weighted by molar-refractivity contribution is -0.150. The molecule has 1 rings (SSSR count). The van der Waals surface area contributed by atoms with Gasteiger partial charge in [0.2, 0.25) is 5.91 Å². The predicted molar refractivity (Wildman–Crippen MR) is 70.2 cm³/mol. The van der Waals surface area contributed by atoms with Gasteiger partial charge in [0.1, 0.15) is 0 Å². The molecule has 2 unspecified atom stereocenters. The molecule has 0 radical (unpaired) electrons. The van der Waals surface area contributed by atoms with Gasteiger partial charge in [0.05, 0.1) is 5.92 Å². The molecule has 1 aliphatic rings. The Kier molecular flexibility index (Phi) is 5.63. The summed E-state index contributed by atoms with van der Waals surface area (Å²) in [4.78, 5) is 25.2. The molecule has 0 aromatic heterocycles. The molecule has 1 saturated carbocycles. The number of amides is 1. The van der Waals surface area contributed by atoms with Crippen molar-refractivity contribution in [3.8, 4) is 0 Å². The molecule has 1 amide bonds. The van der Waals surface area contributed by atoms with Crippen molar-refractivity contribution in [1.29, 1.82) is 0 Å². The summed E-state index contributed by atoms with van der Waals surface area (Å²) in [6, 6.07) is 0.319. The lowest BCUT2D eigenvalue weighted by Crippen LogP contribution is -2.45. The monoisotopic (exact) mass is 255 g/mol. The van der Waals surface area contributed by atoms with Gasteiger partial charge in [-0.2, -0.15) is 0 Å². The molecule has 1 aliphatic carbocycles. The Morgan fingerprint density at radius 2 is 1.72 bits per heavy atom. The van der Waals surface area contributed by atoms with Crippen molar-refractivity contribution in [2.24, 2.45) is 11.8 Å². The van der Waals surface area contributed by atoms with Gasteiger partial charge in [-0.1, -0.05) is 33.1 Å². The van der Waals surface area contributed by atoms with Crippen LogP contribution in [0.3, 0.4) is 0 Å². The Morgan fingerprint density at radius 3 is 2.17 bits per heavy atom. The summed E-state index contributed by atoms with van der Waals surface area (Å²) in [5.41, 5.74) is 0. The third kappa shape index (κ3) is 3.47. The van der Waals surface area contributed by atoms with Gasteiger partial charge in [0.15, 0.2) is 0 Å². The fraction of sp³-hybridized carbons (Fsp3) is 0.857. The molecule has 18 heavy (non-hydrogen) atoms. The van der Waals surface area contributed by atoms with Gasteiger partial charge >= 0.3 is 5.97 Å². The van der Waals surface area contributed by atoms with E-state index in [0.29, 0.717) is 12.6 Å². The first-order valence-corrected chi connectivity index (χ1v) is 7.02. The SMILES string of the molecule is CCN(C(=O)C(C)C(C)C(=O)O)C1CCCCC1. The normalized spacial score (nSPS) is 20.2. The Morgan fingerprint density at radius 1 is 1.17 bits per heavy atom. The van der Waals surface area contributed by atoms with Gasteiger partial charge in [0, 0.05) is 18.5 Å². The zero-order valence-electron chi connectivity index (χ0n) is 11.7. The Bertz CT molecular complexity index is 297. The van der Waals surface area contributed by atoms with Crippen molar-refractivity contribution in [2.45, 2.75) is 58.9 Å². The average Bonchev–Trinajstić information content (AvgIpc) is 2.38. The number of aliphatic carboxylic acids is 1. The van der Waals surface area contributed by atoms with E-state index in [1.807, 2.05) is 11.8 Å². The van der Waals surface area contributed by atoms with E-state index >= 15 is 0 Å². The fourth-order valence-electron chi connectivity index (χ4n) is 2.68. The highest BCUT2D eigenvalue weighted by Crippen LogP contribution is 2.25. The second kappa shape index (κ2) is 6.76. The fourth-order valence-corrected chi connectivity index (χ4v) is 2.68. The van der Waals surface area contributed by atoms with Crippen LogP contribution in [0.2, 0.25) is 0 Å². The summed E-state index contributed by atoms with van der Waals surface area (Å²) in [6.45, 7) is 6.00. The van der Waals surface area contributed by atoms with E-state index < -0.39 is 17.8 Å². The molecule has 0 spiro atoms. The molecule has 0 aromatic carbocycles. The first-order valence-electron chi connectivity index (χ1n) is 7.02. The maximum Gasteiger partial charge on any atom is 0.307 e. The molecule has 4 heteroatoms. The van der Waals surface area contributed by atoms with E-state index in [0.717, 1.165) is 12.8 Å². The Balaban J connectivity index is 2.68. The van der Waals surface area contributed by atoms with E-state index in [9.17, 15) is 9.59 Å². The van der Waals surface area contributed by atoms with Crippen LogP contribution in [0, 0.1) is 11.8 Å². The third-order valence-corrected chi connectivity index (χ3v) is 4.17. The minimum atomic E-state index is -0.893. The van der Waals surface area contributed by atoms with Crippen LogP contribution in [0.4, 0.5) is 0 Å². The highest BCUT2D eigenvalue weighted by atomic mass is 16.4. The van der Waals surface area contributed by atoms with Gasteiger partial charge in [-0.3, -0.25) is 9.59 Å². The zero-order chi connectivity index (χ0) is 13.7. The number of carbonyl (C=O) groups is 2. The number of carboxylic acids is 1. The van der Waals surface area contributed by atoms with Crippen LogP contribution in [0.1, 0.15) is 52.9 Å². The minimum absolute atomic E-state index is 0.000648. The van der Waals surface area contributed by atoms with E-state index in [4.69, 9.17) is 5.11 Å². The molecule has 0 saturated heterocycles. The molecule has 1 fully saturated rings. The van der Waals surface area contributed by atoms with Crippen molar-refractivity contribution in [1.82, 2.24) is 4.90 Å². The third-order valence-electron chi connectivity index (χ3n) is 4.17. The minimum Gasteiger partial charge on any atom is -0.481 e. The number of hydrogen-bond acceptors (Lipinski definition) is 2. The van der Waals surface area contributed by atoms with Crippen molar-refractivity contribution < 1.29 is 14.7 Å². The predicted octanol–water partition coefficient (Wildman–Crippen LogP) is 2.52. The molecule has 4 nitrogen and oxygen atoms in total. The summed E-state index contributed by atoms with van der Waals surface area (Å²) >= 11 is 0. The quantitative estimate of drug-likeness (QED) is 0.821. The molecule has 0 heterocycles. The summed E-state index contributed by atoms with van der Waals surface area (Å²) in [6.07, 6.45) is 5.74. The summed E-state index contributed by atoms with van der Waals surface area (Å²) in [5.74, 6) is -1.95. The highest BCUT2D eigenvalue weighted by Gasteiger charge is 2.32. The lowest BCUT2D eigenvalue weighted by Gasteiger charge is -2.36. The zero-order valence-corrected chi connectivity index (χ0v) is 11.7. The number of rotatable bonds is 5. The standard InChI is InChI=1S/C14H25NO3/c1-4-15(12-8-6-5-7-9-12)13(16)10(2)11(3)14(17)18/h10-12H,4-9H2,1-3H3,(H,17,18). The molecular formula is C14H25NO3. The number of nitrogens with zero attached hydrogens (tertiary/aromatic N) is 1. The summed E-state index contributed by atoms with van der Waals surface area (Å²) in [5, 5.41) is 9.00. The van der Waals surface area contributed by atoms with E-state index in [1.165, 1.54) is 19.3 Å². The van der Waals surface area contributed by atoms with Crippen LogP contribution < -0.4 is 0 Å². The topological polar surface area (TPSA) is 57.6 Å². The van der Waals surface area contributed by atoms with Gasteiger partial charge in [0.25, 0.3) is 0 Å². The number of carboxylic acid groups (broad SMARTS) is 1. The van der Waals surface area contributed by atoms with Crippen LogP contribution in [-0.2, 0) is 9.59 Å². The summed E-state index contributed by atoms with van der Waals surface area (Å²) < 4.78 is 0. The summed E-state index contributed by atoms with van der Waals surface area (Å²) in [7, 11) is 0. The molecule has 0 aromatic rings. The smallest absolute Gasteiger partial charge is 0.307 e. The molecule has 0 bridgehead atoms. The second-order valence-corrected chi connectivity index (χ2v) is 5.33. The number of hydrogen-bond donors (Lipinski definition) is 1. The van der Waals surface area contributed by atoms with Crippen LogP contribution >= 0.6 is 0 Å². The van der Waals surface area contributed by atoms with Crippen LogP contribution in [-0.4, -0.2) is 34.5 Å². The Labute approximate surface area is 109 Å². The molecule has 0 aliphatic heterocycles. The maximum atomic E-state index is 12.4. The van der Waals surface area contributed by atoms with Gasteiger partial charge in [-0.05, 0) is 19.8 Å². The molecular weight excluding hydrogens is 230 g/mol. The molecule has 2 atom stereocenters. The lowest BCUT2D eigenvalue weighted by atomic mass is 9.90. The maximum absolute atomic E-state index is 12.4. The van der Waals surface area contributed by atoms with Crippen LogP contribution in [0.15, 0.2) is 0 Å². The van der Waals surface area contributed by atoms with Crippen molar-refractivity contribution in [2.75, 3.05) is 6.54 Å². The first kappa shape index (κ1) is 15.0. The average molecular weight is 255 g/mol. The molecule has 1 N–H and O–H groups in total. The first-order chi connectivity index (χ1) is 8.49. The van der Waals surface area contributed by atoms with Crippen molar-refractivity contribution in [3.05, 3.63) is 0 Å². The van der Waals surface area contributed by atoms with E-state index in [2.05, 4.69) is 0 Å². The van der Waals surface area contributed by atoms with Gasteiger partial charge in [-0.25, -0.2) is 0 Å². The van der Waals surface area contributed by atoms with Crippen LogP contribution in [0.25, 0.3) is 0 Å². The van der Waals surface area contributed by atoms with Crippen LogP contribution in [0.5, 0.6) is 0 Å². The van der Waals surface area contributed by atoms with Crippen molar-refractivity contribution >= 4 is 11.9 Å². The van der Waals surface area contributed by atoms with Crippen molar-refractivity contribution in [3.63, 3.8) is 0 Å². The second-order valence-electron chi connectivity index (χ2n) is 5.33. The van der Waals surface area contributed by atoms with E-state index in [-0.39, 0.29) is 5.91 Å². The Hall–Kier alpha value is -1.06.